The zero-order valence-corrected chi connectivity index (χ0v) is 26.9. The van der Waals surface area contributed by atoms with Crippen LogP contribution < -0.4 is 4.90 Å². The summed E-state index contributed by atoms with van der Waals surface area (Å²) in [6.45, 7) is 0. The van der Waals surface area contributed by atoms with Gasteiger partial charge in [0.05, 0.1) is 5.69 Å². The third kappa shape index (κ3) is 4.24. The van der Waals surface area contributed by atoms with E-state index in [-0.39, 0.29) is 0 Å². The molecule has 1 aromatic heterocycles. The van der Waals surface area contributed by atoms with Gasteiger partial charge in [-0.25, -0.2) is 0 Å². The molecule has 224 valence electrons. The van der Waals surface area contributed by atoms with Gasteiger partial charge in [-0.3, -0.25) is 0 Å². The first-order chi connectivity index (χ1) is 23.8. The summed E-state index contributed by atoms with van der Waals surface area (Å²) in [6, 6.07) is 64.5. The molecular formula is C46H29NS. The minimum atomic E-state index is 1.13. The fourth-order valence-corrected chi connectivity index (χ4v) is 8.68. The first-order valence-electron chi connectivity index (χ1n) is 16.4. The molecule has 0 saturated heterocycles. The molecule has 0 unspecified atom stereocenters. The molecule has 0 amide bonds. The Labute approximate surface area is 282 Å². The molecule has 0 aliphatic rings. The van der Waals surface area contributed by atoms with Gasteiger partial charge in [-0.1, -0.05) is 133 Å². The van der Waals surface area contributed by atoms with Crippen LogP contribution in [-0.2, 0) is 0 Å². The van der Waals surface area contributed by atoms with Gasteiger partial charge in [0.1, 0.15) is 0 Å². The third-order valence-electron chi connectivity index (χ3n) is 9.80. The molecule has 0 atom stereocenters. The second-order valence-electron chi connectivity index (χ2n) is 12.5. The molecule has 1 nitrogen and oxygen atoms in total. The predicted molar refractivity (Wildman–Crippen MR) is 209 cm³/mol. The first kappa shape index (κ1) is 27.2. The van der Waals surface area contributed by atoms with Crippen LogP contribution in [0.4, 0.5) is 17.1 Å². The zero-order valence-electron chi connectivity index (χ0n) is 26.1. The second kappa shape index (κ2) is 10.8. The Morgan fingerprint density at radius 3 is 1.67 bits per heavy atom. The lowest BCUT2D eigenvalue weighted by Crippen LogP contribution is -2.10. The van der Waals surface area contributed by atoms with Crippen LogP contribution >= 0.6 is 11.3 Å². The Morgan fingerprint density at radius 2 is 0.896 bits per heavy atom. The molecule has 2 heteroatoms. The maximum Gasteiger partial charge on any atom is 0.0546 e. The van der Waals surface area contributed by atoms with Gasteiger partial charge < -0.3 is 4.90 Å². The van der Waals surface area contributed by atoms with E-state index in [4.69, 9.17) is 0 Å². The zero-order chi connectivity index (χ0) is 31.6. The minimum Gasteiger partial charge on any atom is -0.310 e. The molecular weight excluding hydrogens is 599 g/mol. The lowest BCUT2D eigenvalue weighted by atomic mass is 9.94. The number of rotatable bonds is 4. The molecule has 0 bridgehead atoms. The fraction of sp³-hybridized carbons (Fsp3) is 0. The van der Waals surface area contributed by atoms with Crippen molar-refractivity contribution in [3.8, 4) is 11.1 Å². The van der Waals surface area contributed by atoms with Crippen LogP contribution in [-0.4, -0.2) is 0 Å². The summed E-state index contributed by atoms with van der Waals surface area (Å²) in [5.41, 5.74) is 5.87. The van der Waals surface area contributed by atoms with Crippen molar-refractivity contribution < 1.29 is 0 Å². The summed E-state index contributed by atoms with van der Waals surface area (Å²) in [5, 5.41) is 12.8. The number of hydrogen-bond acceptors (Lipinski definition) is 2. The molecule has 0 spiro atoms. The molecule has 0 fully saturated rings. The number of anilines is 3. The summed E-state index contributed by atoms with van der Waals surface area (Å²) < 4.78 is 2.63. The molecule has 1 heterocycles. The van der Waals surface area contributed by atoms with E-state index < -0.39 is 0 Å². The largest absolute Gasteiger partial charge is 0.310 e. The van der Waals surface area contributed by atoms with Crippen molar-refractivity contribution in [3.05, 3.63) is 176 Å². The van der Waals surface area contributed by atoms with Crippen molar-refractivity contribution in [2.45, 2.75) is 0 Å². The Bertz CT molecular complexity index is 2830. The normalized spacial score (nSPS) is 11.8. The fourth-order valence-electron chi connectivity index (χ4n) is 7.58. The molecule has 0 aliphatic carbocycles. The highest BCUT2D eigenvalue weighted by Crippen LogP contribution is 2.46. The van der Waals surface area contributed by atoms with E-state index in [1.165, 1.54) is 80.1 Å². The topological polar surface area (TPSA) is 3.24 Å². The molecule has 0 radical (unpaired) electrons. The van der Waals surface area contributed by atoms with E-state index in [9.17, 15) is 0 Å². The lowest BCUT2D eigenvalue weighted by molar-refractivity contribution is 1.31. The van der Waals surface area contributed by atoms with Gasteiger partial charge in [-0.2, -0.15) is 0 Å². The number of fused-ring (bicyclic) bond motifs is 10. The van der Waals surface area contributed by atoms with Gasteiger partial charge in [0.2, 0.25) is 0 Å². The molecule has 48 heavy (non-hydrogen) atoms. The van der Waals surface area contributed by atoms with Crippen LogP contribution in [0.25, 0.3) is 74.4 Å². The summed E-state index contributed by atoms with van der Waals surface area (Å²) >= 11 is 1.88. The highest BCUT2D eigenvalue weighted by molar-refractivity contribution is 7.26. The van der Waals surface area contributed by atoms with E-state index in [1.54, 1.807) is 0 Å². The van der Waals surface area contributed by atoms with Crippen molar-refractivity contribution in [2.24, 2.45) is 0 Å². The SMILES string of the molecule is c1ccc(-c2ccc(N(c3ccc4sc5ccc6ccccc6c5c4c3)c3cc4ccc5ccccc5c4c4ccccc34)cc2)cc1. The summed E-state index contributed by atoms with van der Waals surface area (Å²) in [4.78, 5) is 2.46. The van der Waals surface area contributed by atoms with Crippen molar-refractivity contribution >= 4 is 91.7 Å². The Kier molecular flexibility index (Phi) is 6.12. The maximum absolute atomic E-state index is 2.46. The highest BCUT2D eigenvalue weighted by atomic mass is 32.1. The average molecular weight is 628 g/mol. The van der Waals surface area contributed by atoms with Crippen LogP contribution in [0.5, 0.6) is 0 Å². The smallest absolute Gasteiger partial charge is 0.0546 e. The summed E-state index contributed by atoms with van der Waals surface area (Å²) in [7, 11) is 0. The van der Waals surface area contributed by atoms with Gasteiger partial charge in [0.25, 0.3) is 0 Å². The number of thiophene rings is 1. The molecule has 9 aromatic carbocycles. The second-order valence-corrected chi connectivity index (χ2v) is 13.6. The monoisotopic (exact) mass is 627 g/mol. The van der Waals surface area contributed by atoms with Gasteiger partial charge >= 0.3 is 0 Å². The lowest BCUT2D eigenvalue weighted by Gasteiger charge is -2.28. The molecule has 10 rings (SSSR count). The molecule has 0 saturated carbocycles. The van der Waals surface area contributed by atoms with E-state index in [2.05, 4.69) is 181 Å². The third-order valence-corrected chi connectivity index (χ3v) is 10.9. The minimum absolute atomic E-state index is 1.13. The van der Waals surface area contributed by atoms with Crippen LogP contribution in [0.3, 0.4) is 0 Å². The number of hydrogen-bond donors (Lipinski definition) is 0. The van der Waals surface area contributed by atoms with Gasteiger partial charge in [-0.05, 0) is 91.3 Å². The molecule has 0 aliphatic heterocycles. The predicted octanol–water partition coefficient (Wildman–Crippen LogP) is 13.8. The van der Waals surface area contributed by atoms with Gasteiger partial charge in [-0.15, -0.1) is 11.3 Å². The maximum atomic E-state index is 2.46. The van der Waals surface area contributed by atoms with Crippen molar-refractivity contribution in [2.75, 3.05) is 4.90 Å². The number of nitrogens with zero attached hydrogens (tertiary/aromatic N) is 1. The standard InChI is InChI=1S/C46H29NS/c1-2-10-30(11-3-1)31-20-23-35(24-21-31)47(36-25-27-43-41(29-36)46-38-15-7-5-13-33(38)22-26-44(46)48-43)42-28-34-19-18-32-12-4-6-14-37(32)45(34)40-17-9-8-16-39(40)42/h1-29H. The van der Waals surface area contributed by atoms with Crippen molar-refractivity contribution in [1.82, 2.24) is 0 Å². The van der Waals surface area contributed by atoms with E-state index >= 15 is 0 Å². The van der Waals surface area contributed by atoms with E-state index in [0.29, 0.717) is 0 Å². The van der Waals surface area contributed by atoms with Gasteiger partial charge in [0, 0.05) is 36.9 Å². The Hall–Kier alpha value is -5.96. The Morgan fingerprint density at radius 1 is 0.333 bits per heavy atom. The molecule has 10 aromatic rings. The van der Waals surface area contributed by atoms with Crippen LogP contribution in [0, 0.1) is 0 Å². The van der Waals surface area contributed by atoms with Crippen LogP contribution in [0.1, 0.15) is 0 Å². The average Bonchev–Trinajstić information content (AvgIpc) is 3.54. The van der Waals surface area contributed by atoms with Crippen molar-refractivity contribution in [1.29, 1.82) is 0 Å². The number of benzene rings is 9. The van der Waals surface area contributed by atoms with E-state index in [0.717, 1.165) is 11.4 Å². The van der Waals surface area contributed by atoms with Crippen LogP contribution in [0.15, 0.2) is 176 Å². The quantitative estimate of drug-likeness (QED) is 0.176. The highest BCUT2D eigenvalue weighted by Gasteiger charge is 2.20. The first-order valence-corrected chi connectivity index (χ1v) is 17.2. The summed E-state index contributed by atoms with van der Waals surface area (Å²) in [6.07, 6.45) is 0. The van der Waals surface area contributed by atoms with Crippen molar-refractivity contribution in [3.63, 3.8) is 0 Å². The summed E-state index contributed by atoms with van der Waals surface area (Å²) in [5.74, 6) is 0. The van der Waals surface area contributed by atoms with Gasteiger partial charge in [0.15, 0.2) is 0 Å². The van der Waals surface area contributed by atoms with E-state index in [1.807, 2.05) is 11.3 Å². The van der Waals surface area contributed by atoms with Crippen LogP contribution in [0.2, 0.25) is 0 Å². The Balaban J connectivity index is 1.27. The molecule has 0 N–H and O–H groups in total.